The van der Waals surface area contributed by atoms with Gasteiger partial charge in [-0.1, -0.05) is 30.7 Å². The minimum Gasteiger partial charge on any atom is -0.328 e. The molecule has 0 aromatic heterocycles. The molecule has 0 fully saturated rings. The highest BCUT2D eigenvalue weighted by molar-refractivity contribution is 5.30. The molecule has 0 bridgehead atoms. The number of hydrogen-bond acceptors (Lipinski definition) is 1. The summed E-state index contributed by atoms with van der Waals surface area (Å²) in [6.45, 7) is 8.60. The molecule has 78 valence electrons. The molecule has 0 saturated carbocycles. The Morgan fingerprint density at radius 1 is 1.21 bits per heavy atom. The maximum absolute atomic E-state index is 5.86. The van der Waals surface area contributed by atoms with E-state index in [2.05, 4.69) is 45.9 Å². The minimum absolute atomic E-state index is 0.274. The highest BCUT2D eigenvalue weighted by Gasteiger charge is 2.09. The van der Waals surface area contributed by atoms with Crippen LogP contribution in [0.4, 0.5) is 0 Å². The van der Waals surface area contributed by atoms with Crippen molar-refractivity contribution in [3.8, 4) is 0 Å². The Hall–Kier alpha value is -0.820. The zero-order valence-corrected chi connectivity index (χ0v) is 9.67. The Bertz CT molecular complexity index is 302. The molecule has 2 unspecified atom stereocenters. The molecule has 0 aliphatic carbocycles. The van der Waals surface area contributed by atoms with Crippen LogP contribution in [0.15, 0.2) is 18.2 Å². The van der Waals surface area contributed by atoms with E-state index in [1.165, 1.54) is 16.7 Å². The van der Waals surface area contributed by atoms with Crippen LogP contribution in [0.2, 0.25) is 0 Å². The van der Waals surface area contributed by atoms with Gasteiger partial charge < -0.3 is 5.73 Å². The number of nitrogens with two attached hydrogens (primary N) is 1. The summed E-state index contributed by atoms with van der Waals surface area (Å²) in [7, 11) is 0. The zero-order chi connectivity index (χ0) is 10.7. The van der Waals surface area contributed by atoms with E-state index in [1.807, 2.05) is 0 Å². The summed E-state index contributed by atoms with van der Waals surface area (Å²) in [5.74, 6) is 0.552. The van der Waals surface area contributed by atoms with Crippen molar-refractivity contribution in [3.63, 3.8) is 0 Å². The van der Waals surface area contributed by atoms with Crippen LogP contribution in [0.5, 0.6) is 0 Å². The summed E-state index contributed by atoms with van der Waals surface area (Å²) in [6, 6.07) is 6.92. The summed E-state index contributed by atoms with van der Waals surface area (Å²) in [5.41, 5.74) is 10.0. The van der Waals surface area contributed by atoms with Crippen LogP contribution in [0.1, 0.15) is 30.5 Å². The minimum atomic E-state index is 0.274. The molecule has 1 heteroatoms. The molecule has 14 heavy (non-hydrogen) atoms. The van der Waals surface area contributed by atoms with Crippen molar-refractivity contribution in [2.75, 3.05) is 0 Å². The predicted molar refractivity (Wildman–Crippen MR) is 62.4 cm³/mol. The molecule has 1 aromatic rings. The molecule has 2 atom stereocenters. The highest BCUT2D eigenvalue weighted by atomic mass is 14.6. The molecule has 1 aromatic carbocycles. The molecule has 2 N–H and O–H groups in total. The SMILES string of the molecule is Cc1ccc(CC(C)C(C)N)c(C)c1. The third-order valence-corrected chi connectivity index (χ3v) is 2.94. The average Bonchev–Trinajstić information content (AvgIpc) is 2.09. The van der Waals surface area contributed by atoms with Crippen LogP contribution in [0.3, 0.4) is 0 Å². The van der Waals surface area contributed by atoms with Gasteiger partial charge in [0, 0.05) is 6.04 Å². The van der Waals surface area contributed by atoms with Gasteiger partial charge in [-0.15, -0.1) is 0 Å². The lowest BCUT2D eigenvalue weighted by Gasteiger charge is -2.17. The first-order chi connectivity index (χ1) is 6.50. The van der Waals surface area contributed by atoms with Crippen LogP contribution < -0.4 is 5.73 Å². The van der Waals surface area contributed by atoms with Crippen LogP contribution in [0.25, 0.3) is 0 Å². The largest absolute Gasteiger partial charge is 0.328 e. The van der Waals surface area contributed by atoms with Gasteiger partial charge in [0.1, 0.15) is 0 Å². The van der Waals surface area contributed by atoms with Crippen molar-refractivity contribution < 1.29 is 0 Å². The van der Waals surface area contributed by atoms with Gasteiger partial charge in [0.25, 0.3) is 0 Å². The molecular formula is C13H21N. The molecule has 0 amide bonds. The standard InChI is InChI=1S/C13H21N/c1-9-5-6-13(11(3)7-9)8-10(2)12(4)14/h5-7,10,12H,8,14H2,1-4H3. The molecule has 1 nitrogen and oxygen atoms in total. The predicted octanol–water partition coefficient (Wildman–Crippen LogP) is 2.83. The van der Waals surface area contributed by atoms with E-state index in [1.54, 1.807) is 0 Å². The molecule has 0 spiro atoms. The summed E-state index contributed by atoms with van der Waals surface area (Å²) in [5, 5.41) is 0. The number of benzene rings is 1. The fourth-order valence-electron chi connectivity index (χ4n) is 1.61. The molecule has 0 heterocycles. The van der Waals surface area contributed by atoms with E-state index in [0.29, 0.717) is 5.92 Å². The third kappa shape index (κ3) is 2.85. The summed E-state index contributed by atoms with van der Waals surface area (Å²) in [4.78, 5) is 0. The Kier molecular flexibility index (Phi) is 3.70. The lowest BCUT2D eigenvalue weighted by Crippen LogP contribution is -2.25. The van der Waals surface area contributed by atoms with E-state index in [0.717, 1.165) is 6.42 Å². The van der Waals surface area contributed by atoms with Crippen molar-refractivity contribution in [1.29, 1.82) is 0 Å². The Morgan fingerprint density at radius 2 is 1.86 bits per heavy atom. The van der Waals surface area contributed by atoms with Crippen molar-refractivity contribution >= 4 is 0 Å². The zero-order valence-electron chi connectivity index (χ0n) is 9.67. The maximum atomic E-state index is 5.86. The second-order valence-electron chi connectivity index (χ2n) is 4.47. The average molecular weight is 191 g/mol. The van der Waals surface area contributed by atoms with Gasteiger partial charge in [-0.05, 0) is 44.2 Å². The van der Waals surface area contributed by atoms with Crippen molar-refractivity contribution in [1.82, 2.24) is 0 Å². The van der Waals surface area contributed by atoms with Gasteiger partial charge >= 0.3 is 0 Å². The van der Waals surface area contributed by atoms with Gasteiger partial charge in [-0.2, -0.15) is 0 Å². The van der Waals surface area contributed by atoms with Gasteiger partial charge in [-0.25, -0.2) is 0 Å². The van der Waals surface area contributed by atoms with Crippen LogP contribution in [0, 0.1) is 19.8 Å². The van der Waals surface area contributed by atoms with Gasteiger partial charge in [0.05, 0.1) is 0 Å². The number of rotatable bonds is 3. The first-order valence-electron chi connectivity index (χ1n) is 5.32. The Morgan fingerprint density at radius 3 is 2.36 bits per heavy atom. The Balaban J connectivity index is 2.77. The highest BCUT2D eigenvalue weighted by Crippen LogP contribution is 2.16. The van der Waals surface area contributed by atoms with Crippen LogP contribution in [-0.4, -0.2) is 6.04 Å². The van der Waals surface area contributed by atoms with Gasteiger partial charge in [0.2, 0.25) is 0 Å². The Labute approximate surface area is 87.3 Å². The first-order valence-corrected chi connectivity index (χ1v) is 5.32. The summed E-state index contributed by atoms with van der Waals surface area (Å²) >= 11 is 0. The third-order valence-electron chi connectivity index (χ3n) is 2.94. The molecule has 0 aliphatic heterocycles. The van der Waals surface area contributed by atoms with Crippen molar-refractivity contribution in [2.24, 2.45) is 11.7 Å². The van der Waals surface area contributed by atoms with Crippen LogP contribution in [-0.2, 0) is 6.42 Å². The lowest BCUT2D eigenvalue weighted by atomic mass is 9.92. The van der Waals surface area contributed by atoms with Crippen molar-refractivity contribution in [3.05, 3.63) is 34.9 Å². The number of aryl methyl sites for hydroxylation is 2. The monoisotopic (exact) mass is 191 g/mol. The smallest absolute Gasteiger partial charge is 0.00393 e. The lowest BCUT2D eigenvalue weighted by molar-refractivity contribution is 0.481. The van der Waals surface area contributed by atoms with Crippen molar-refractivity contribution in [2.45, 2.75) is 40.2 Å². The molecule has 0 saturated heterocycles. The van der Waals surface area contributed by atoms with E-state index in [4.69, 9.17) is 5.73 Å². The molecular weight excluding hydrogens is 170 g/mol. The fraction of sp³-hybridized carbons (Fsp3) is 0.538. The summed E-state index contributed by atoms with van der Waals surface area (Å²) < 4.78 is 0. The number of hydrogen-bond donors (Lipinski definition) is 1. The first kappa shape index (κ1) is 11.3. The van der Waals surface area contributed by atoms with Crippen LogP contribution >= 0.6 is 0 Å². The maximum Gasteiger partial charge on any atom is 0.00393 e. The normalized spacial score (nSPS) is 15.2. The summed E-state index contributed by atoms with van der Waals surface area (Å²) in [6.07, 6.45) is 1.09. The van der Waals surface area contributed by atoms with Gasteiger partial charge in [-0.3, -0.25) is 0 Å². The topological polar surface area (TPSA) is 26.0 Å². The molecule has 0 aliphatic rings. The second-order valence-corrected chi connectivity index (χ2v) is 4.47. The van der Waals surface area contributed by atoms with Gasteiger partial charge in [0.15, 0.2) is 0 Å². The quantitative estimate of drug-likeness (QED) is 0.781. The van der Waals surface area contributed by atoms with E-state index < -0.39 is 0 Å². The van der Waals surface area contributed by atoms with E-state index in [9.17, 15) is 0 Å². The fourth-order valence-corrected chi connectivity index (χ4v) is 1.61. The van der Waals surface area contributed by atoms with E-state index in [-0.39, 0.29) is 6.04 Å². The molecule has 1 rings (SSSR count). The second kappa shape index (κ2) is 4.61. The van der Waals surface area contributed by atoms with E-state index >= 15 is 0 Å². The molecule has 0 radical (unpaired) electrons.